The summed E-state index contributed by atoms with van der Waals surface area (Å²) in [4.78, 5) is 26.0. The lowest BCUT2D eigenvalue weighted by Crippen LogP contribution is -2.35. The molecule has 3 aromatic rings. The number of thiazole rings is 1. The molecule has 0 unspecified atom stereocenters. The summed E-state index contributed by atoms with van der Waals surface area (Å²) in [5.41, 5.74) is 0.0461. The summed E-state index contributed by atoms with van der Waals surface area (Å²) in [6, 6.07) is 13.2. The summed E-state index contributed by atoms with van der Waals surface area (Å²) in [5, 5.41) is 12.3. The van der Waals surface area contributed by atoms with Crippen molar-refractivity contribution in [3.05, 3.63) is 84.8 Å². The molecule has 6 nitrogen and oxygen atoms in total. The third kappa shape index (κ3) is 5.44. The number of ether oxygens (including phenoxy) is 1. The van der Waals surface area contributed by atoms with Crippen LogP contribution in [-0.2, 0) is 15.7 Å². The van der Waals surface area contributed by atoms with Gasteiger partial charge in [-0.05, 0) is 42.3 Å². The van der Waals surface area contributed by atoms with Crippen LogP contribution in [0.4, 0.5) is 13.2 Å². The lowest BCUT2D eigenvalue weighted by Gasteiger charge is -2.07. The van der Waals surface area contributed by atoms with Gasteiger partial charge in [-0.25, -0.2) is 0 Å². The Morgan fingerprint density at radius 3 is 2.47 bits per heavy atom. The van der Waals surface area contributed by atoms with E-state index in [-0.39, 0.29) is 27.9 Å². The van der Waals surface area contributed by atoms with E-state index in [9.17, 15) is 28.0 Å². The second-order valence-electron chi connectivity index (χ2n) is 7.20. The van der Waals surface area contributed by atoms with Crippen molar-refractivity contribution >= 4 is 28.9 Å². The van der Waals surface area contributed by atoms with Crippen molar-refractivity contribution in [3.63, 3.8) is 0 Å². The van der Waals surface area contributed by atoms with Crippen molar-refractivity contribution in [3.8, 4) is 11.8 Å². The van der Waals surface area contributed by atoms with Crippen LogP contribution in [0, 0.1) is 18.3 Å². The minimum absolute atomic E-state index is 0.120. The number of halogens is 3. The smallest absolute Gasteiger partial charge is 0.383 e. The Kier molecular flexibility index (Phi) is 7.71. The number of carbonyl (C=O) groups is 1. The first-order chi connectivity index (χ1) is 16.2. The summed E-state index contributed by atoms with van der Waals surface area (Å²) in [6.45, 7) is 2.20. The summed E-state index contributed by atoms with van der Waals surface area (Å²) < 4.78 is 45.1. The Hall–Kier alpha value is -3.68. The van der Waals surface area contributed by atoms with Crippen molar-refractivity contribution in [1.82, 2.24) is 9.88 Å². The topological polar surface area (TPSA) is 84.1 Å². The molecule has 1 N–H and O–H groups in total. The van der Waals surface area contributed by atoms with Gasteiger partial charge in [0.1, 0.15) is 10.7 Å². The number of nitrogens with zero attached hydrogens (tertiary/aromatic N) is 2. The van der Waals surface area contributed by atoms with Crippen LogP contribution in [0.25, 0.3) is 17.3 Å². The second-order valence-corrected chi connectivity index (χ2v) is 8.23. The average molecular weight is 488 g/mol. The Morgan fingerprint density at radius 2 is 1.88 bits per heavy atom. The molecule has 0 atom stereocenters. The van der Waals surface area contributed by atoms with E-state index in [1.54, 1.807) is 31.2 Å². The maximum atomic E-state index is 13.4. The molecule has 0 saturated carbocycles. The molecule has 176 valence electrons. The standard InChI is InChI=1S/C24H20F3N3O3S/c1-15-5-3-4-6-19(15)30-22(32)20(13-16-7-9-17(10-8-16)24(25,26)27)34-23(30)18(14-28)21(31)29-11-12-33-2/h3-10,13H,11-12H2,1-2H3,(H,29,31)/b20-13-,23-18-. The van der Waals surface area contributed by atoms with Crippen LogP contribution in [0.5, 0.6) is 0 Å². The number of amides is 1. The number of alkyl halides is 3. The van der Waals surface area contributed by atoms with E-state index in [1.165, 1.54) is 29.9 Å². The first-order valence-corrected chi connectivity index (χ1v) is 10.9. The fraction of sp³-hybridized carbons (Fsp3) is 0.208. The molecular formula is C24H20F3N3O3S. The summed E-state index contributed by atoms with van der Waals surface area (Å²) in [6.07, 6.45) is -3.04. The van der Waals surface area contributed by atoms with Crippen molar-refractivity contribution in [2.45, 2.75) is 13.1 Å². The highest BCUT2D eigenvalue weighted by molar-refractivity contribution is 7.07. The van der Waals surface area contributed by atoms with Crippen LogP contribution >= 0.6 is 11.3 Å². The van der Waals surface area contributed by atoms with Gasteiger partial charge in [0.2, 0.25) is 0 Å². The van der Waals surface area contributed by atoms with Crippen LogP contribution < -0.4 is 20.1 Å². The summed E-state index contributed by atoms with van der Waals surface area (Å²) in [5.74, 6) is -0.663. The highest BCUT2D eigenvalue weighted by Gasteiger charge is 2.29. The highest BCUT2D eigenvalue weighted by Crippen LogP contribution is 2.29. The van der Waals surface area contributed by atoms with Crippen LogP contribution in [-0.4, -0.2) is 30.7 Å². The summed E-state index contributed by atoms with van der Waals surface area (Å²) >= 11 is 0.916. The van der Waals surface area contributed by atoms with Gasteiger partial charge in [0.05, 0.1) is 22.4 Å². The van der Waals surface area contributed by atoms with Gasteiger partial charge >= 0.3 is 6.18 Å². The van der Waals surface area contributed by atoms with Crippen LogP contribution in [0.1, 0.15) is 16.7 Å². The molecule has 1 amide bonds. The molecule has 3 rings (SSSR count). The number of rotatable bonds is 6. The Bertz CT molecular complexity index is 1420. The van der Waals surface area contributed by atoms with Crippen molar-refractivity contribution in [2.24, 2.45) is 0 Å². The molecule has 0 aliphatic heterocycles. The lowest BCUT2D eigenvalue weighted by atomic mass is 10.1. The molecule has 0 saturated heterocycles. The van der Waals surface area contributed by atoms with E-state index in [0.29, 0.717) is 11.3 Å². The van der Waals surface area contributed by atoms with Crippen LogP contribution in [0.3, 0.4) is 0 Å². The van der Waals surface area contributed by atoms with E-state index < -0.39 is 23.2 Å². The van der Waals surface area contributed by atoms with Crippen LogP contribution in [0.15, 0.2) is 53.3 Å². The molecule has 10 heteroatoms. The zero-order valence-electron chi connectivity index (χ0n) is 18.3. The zero-order valence-corrected chi connectivity index (χ0v) is 19.1. The van der Waals surface area contributed by atoms with Gasteiger partial charge in [-0.2, -0.15) is 18.4 Å². The molecule has 0 spiro atoms. The largest absolute Gasteiger partial charge is 0.416 e. The number of aromatic nitrogens is 1. The normalized spacial score (nSPS) is 12.9. The molecule has 0 bridgehead atoms. The number of para-hydroxylation sites is 1. The number of nitriles is 1. The fourth-order valence-electron chi connectivity index (χ4n) is 3.15. The molecule has 0 aliphatic carbocycles. The number of carbonyl (C=O) groups excluding carboxylic acids is 1. The maximum Gasteiger partial charge on any atom is 0.416 e. The Balaban J connectivity index is 2.26. The van der Waals surface area contributed by atoms with E-state index in [2.05, 4.69) is 5.32 Å². The predicted molar refractivity (Wildman–Crippen MR) is 123 cm³/mol. The third-order valence-electron chi connectivity index (χ3n) is 4.86. The Labute approximate surface area is 196 Å². The van der Waals surface area contributed by atoms with E-state index in [4.69, 9.17) is 4.74 Å². The monoisotopic (exact) mass is 487 g/mol. The van der Waals surface area contributed by atoms with Gasteiger partial charge in [0.15, 0.2) is 5.57 Å². The molecule has 34 heavy (non-hydrogen) atoms. The first kappa shape index (κ1) is 25.0. The minimum atomic E-state index is -4.47. The number of benzene rings is 2. The van der Waals surface area contributed by atoms with Gasteiger partial charge in [-0.3, -0.25) is 14.2 Å². The maximum absolute atomic E-state index is 13.4. The summed E-state index contributed by atoms with van der Waals surface area (Å²) in [7, 11) is 1.47. The molecule has 0 radical (unpaired) electrons. The molecule has 0 aliphatic rings. The quantitative estimate of drug-likeness (QED) is 0.542. The van der Waals surface area contributed by atoms with Crippen molar-refractivity contribution < 1.29 is 22.7 Å². The predicted octanol–water partition coefficient (Wildman–Crippen LogP) is 2.49. The third-order valence-corrected chi connectivity index (χ3v) is 5.95. The molecule has 0 fully saturated rings. The van der Waals surface area contributed by atoms with Gasteiger partial charge in [0.25, 0.3) is 11.5 Å². The highest BCUT2D eigenvalue weighted by atomic mass is 32.1. The van der Waals surface area contributed by atoms with Gasteiger partial charge in [0, 0.05) is 13.7 Å². The first-order valence-electron chi connectivity index (χ1n) is 10.1. The van der Waals surface area contributed by atoms with Crippen molar-refractivity contribution in [2.75, 3.05) is 20.3 Å². The van der Waals surface area contributed by atoms with Gasteiger partial charge in [-0.15, -0.1) is 11.3 Å². The van der Waals surface area contributed by atoms with Gasteiger partial charge < -0.3 is 10.1 Å². The van der Waals surface area contributed by atoms with Crippen molar-refractivity contribution in [1.29, 1.82) is 5.26 Å². The number of aryl methyl sites for hydroxylation is 1. The number of hydrogen-bond donors (Lipinski definition) is 1. The lowest BCUT2D eigenvalue weighted by molar-refractivity contribution is -0.137. The number of nitrogens with one attached hydrogen (secondary N) is 1. The molecule has 2 aromatic carbocycles. The molecule has 1 aromatic heterocycles. The second kappa shape index (κ2) is 10.5. The fourth-order valence-corrected chi connectivity index (χ4v) is 4.25. The van der Waals surface area contributed by atoms with E-state index >= 15 is 0 Å². The minimum Gasteiger partial charge on any atom is -0.383 e. The zero-order chi connectivity index (χ0) is 24.9. The van der Waals surface area contributed by atoms with Crippen LogP contribution in [0.2, 0.25) is 0 Å². The SMILES string of the molecule is COCCNC(=O)/C(C#N)=c1\s/c(=C\c2ccc(C(F)(F)F)cc2)c(=O)n1-c1ccccc1C. The average Bonchev–Trinajstić information content (AvgIpc) is 3.10. The number of methoxy groups -OCH3 is 1. The van der Waals surface area contributed by atoms with E-state index in [0.717, 1.165) is 29.0 Å². The Morgan fingerprint density at radius 1 is 1.21 bits per heavy atom. The molecule has 1 heterocycles. The number of hydrogen-bond acceptors (Lipinski definition) is 5. The van der Waals surface area contributed by atoms with E-state index in [1.807, 2.05) is 6.07 Å². The molecular weight excluding hydrogens is 467 g/mol. The van der Waals surface area contributed by atoms with Gasteiger partial charge in [-0.1, -0.05) is 30.3 Å².